The van der Waals surface area contributed by atoms with Crippen molar-refractivity contribution in [3.05, 3.63) is 62.3 Å². The molecule has 0 saturated heterocycles. The molecule has 0 aliphatic heterocycles. The molecule has 2 heterocycles. The Bertz CT molecular complexity index is 945. The van der Waals surface area contributed by atoms with Crippen LogP contribution in [0.4, 0.5) is 0 Å². The molecule has 1 atom stereocenters. The molecule has 1 N–H and O–H groups in total. The maximum Gasteiger partial charge on any atom is 0.257 e. The standard InChI is InChI=1S/C18H19N3O2S/c1-4-14(18-19-7-8-24-18)20-17(23)13-10-21(3)15-6-5-11(2)9-12(15)16(13)22/h5-10,14H,4H2,1-3H3,(H,20,23)/t14-/m1/s1. The quantitative estimate of drug-likeness (QED) is 0.793. The second-order valence-corrected chi connectivity index (χ2v) is 6.73. The molecule has 0 radical (unpaired) electrons. The van der Waals surface area contributed by atoms with E-state index in [1.165, 1.54) is 11.3 Å². The van der Waals surface area contributed by atoms with E-state index in [9.17, 15) is 9.59 Å². The number of benzene rings is 1. The van der Waals surface area contributed by atoms with Crippen LogP contribution < -0.4 is 10.7 Å². The average molecular weight is 341 g/mol. The Morgan fingerprint density at radius 1 is 1.42 bits per heavy atom. The summed E-state index contributed by atoms with van der Waals surface area (Å²) in [7, 11) is 1.84. The number of aromatic nitrogens is 2. The zero-order valence-electron chi connectivity index (χ0n) is 13.9. The van der Waals surface area contributed by atoms with Gasteiger partial charge in [0.25, 0.3) is 5.91 Å². The van der Waals surface area contributed by atoms with Gasteiger partial charge < -0.3 is 9.88 Å². The van der Waals surface area contributed by atoms with Gasteiger partial charge in [-0.25, -0.2) is 4.98 Å². The number of thiazole rings is 1. The van der Waals surface area contributed by atoms with Crippen molar-refractivity contribution in [1.29, 1.82) is 0 Å². The van der Waals surface area contributed by atoms with Crippen molar-refractivity contribution in [2.24, 2.45) is 7.05 Å². The van der Waals surface area contributed by atoms with Gasteiger partial charge in [0.2, 0.25) is 5.43 Å². The molecular formula is C18H19N3O2S. The number of pyridine rings is 1. The van der Waals surface area contributed by atoms with Gasteiger partial charge >= 0.3 is 0 Å². The molecule has 0 spiro atoms. The van der Waals surface area contributed by atoms with Crippen LogP contribution in [0.15, 0.2) is 40.8 Å². The minimum atomic E-state index is -0.360. The number of carbonyl (C=O) groups is 1. The van der Waals surface area contributed by atoms with Gasteiger partial charge in [-0.3, -0.25) is 9.59 Å². The molecule has 0 saturated carbocycles. The fourth-order valence-corrected chi connectivity index (χ4v) is 3.52. The maximum atomic E-state index is 12.7. The molecule has 5 nitrogen and oxygen atoms in total. The van der Waals surface area contributed by atoms with Crippen molar-refractivity contribution in [3.63, 3.8) is 0 Å². The normalized spacial score (nSPS) is 12.3. The SMILES string of the molecule is CC[C@@H](NC(=O)c1cn(C)c2ccc(C)cc2c1=O)c1nccs1. The van der Waals surface area contributed by atoms with E-state index in [0.717, 1.165) is 16.1 Å². The highest BCUT2D eigenvalue weighted by Crippen LogP contribution is 2.19. The Labute approximate surface area is 144 Å². The Hall–Kier alpha value is -2.47. The van der Waals surface area contributed by atoms with Crippen molar-refractivity contribution in [3.8, 4) is 0 Å². The number of fused-ring (bicyclic) bond motifs is 1. The summed E-state index contributed by atoms with van der Waals surface area (Å²) in [5.41, 5.74) is 1.73. The highest BCUT2D eigenvalue weighted by molar-refractivity contribution is 7.09. The van der Waals surface area contributed by atoms with Gasteiger partial charge in [-0.15, -0.1) is 11.3 Å². The van der Waals surface area contributed by atoms with E-state index in [4.69, 9.17) is 0 Å². The summed E-state index contributed by atoms with van der Waals surface area (Å²) in [6.07, 6.45) is 4.03. The predicted octanol–water partition coefficient (Wildman–Crippen LogP) is 3.18. The van der Waals surface area contributed by atoms with Gasteiger partial charge in [0.15, 0.2) is 0 Å². The minimum absolute atomic E-state index is 0.158. The molecule has 0 unspecified atom stereocenters. The number of aryl methyl sites for hydroxylation is 2. The molecule has 6 heteroatoms. The Morgan fingerprint density at radius 3 is 2.88 bits per heavy atom. The third-order valence-corrected chi connectivity index (χ3v) is 4.94. The lowest BCUT2D eigenvalue weighted by atomic mass is 10.1. The first-order valence-electron chi connectivity index (χ1n) is 7.81. The number of nitrogens with one attached hydrogen (secondary N) is 1. The van der Waals surface area contributed by atoms with Crippen LogP contribution in [0.2, 0.25) is 0 Å². The van der Waals surface area contributed by atoms with E-state index in [-0.39, 0.29) is 22.9 Å². The van der Waals surface area contributed by atoms with Crippen LogP contribution >= 0.6 is 11.3 Å². The number of nitrogens with zero attached hydrogens (tertiary/aromatic N) is 2. The largest absolute Gasteiger partial charge is 0.350 e. The van der Waals surface area contributed by atoms with Crippen LogP contribution in [0.3, 0.4) is 0 Å². The smallest absolute Gasteiger partial charge is 0.257 e. The van der Waals surface area contributed by atoms with E-state index in [0.29, 0.717) is 11.8 Å². The molecule has 0 bridgehead atoms. The lowest BCUT2D eigenvalue weighted by molar-refractivity contribution is 0.0934. The van der Waals surface area contributed by atoms with E-state index < -0.39 is 0 Å². The number of amides is 1. The third kappa shape index (κ3) is 2.97. The summed E-state index contributed by atoms with van der Waals surface area (Å²) in [4.78, 5) is 29.7. The van der Waals surface area contributed by atoms with Crippen LogP contribution in [0, 0.1) is 6.92 Å². The van der Waals surface area contributed by atoms with Crippen LogP contribution in [0.5, 0.6) is 0 Å². The number of hydrogen-bond donors (Lipinski definition) is 1. The lowest BCUT2D eigenvalue weighted by Crippen LogP contribution is -2.32. The summed E-state index contributed by atoms with van der Waals surface area (Å²) in [6, 6.07) is 5.50. The fraction of sp³-hybridized carbons (Fsp3) is 0.278. The third-order valence-electron chi connectivity index (χ3n) is 4.05. The zero-order valence-corrected chi connectivity index (χ0v) is 14.7. The van der Waals surface area contributed by atoms with Crippen molar-refractivity contribution in [2.45, 2.75) is 26.3 Å². The van der Waals surface area contributed by atoms with Gasteiger partial charge in [-0.2, -0.15) is 0 Å². The average Bonchev–Trinajstić information content (AvgIpc) is 3.09. The van der Waals surface area contributed by atoms with Crippen LogP contribution in [0.25, 0.3) is 10.9 Å². The molecular weight excluding hydrogens is 322 g/mol. The van der Waals surface area contributed by atoms with Crippen molar-refractivity contribution in [2.75, 3.05) is 0 Å². The zero-order chi connectivity index (χ0) is 17.3. The lowest BCUT2D eigenvalue weighted by Gasteiger charge is -2.15. The van der Waals surface area contributed by atoms with Crippen LogP contribution in [-0.4, -0.2) is 15.5 Å². The number of rotatable bonds is 4. The molecule has 1 aromatic carbocycles. The van der Waals surface area contributed by atoms with E-state index in [2.05, 4.69) is 10.3 Å². The Morgan fingerprint density at radius 2 is 2.21 bits per heavy atom. The Kier molecular flexibility index (Phi) is 4.49. The molecule has 2 aromatic heterocycles. The second-order valence-electron chi connectivity index (χ2n) is 5.81. The first kappa shape index (κ1) is 16.4. The summed E-state index contributed by atoms with van der Waals surface area (Å²) >= 11 is 1.50. The molecule has 124 valence electrons. The van der Waals surface area contributed by atoms with Crippen molar-refractivity contribution < 1.29 is 4.79 Å². The van der Waals surface area contributed by atoms with Gasteiger partial charge in [-0.1, -0.05) is 18.6 Å². The number of hydrogen-bond acceptors (Lipinski definition) is 4. The Balaban J connectivity index is 2.01. The molecule has 24 heavy (non-hydrogen) atoms. The fourth-order valence-electron chi connectivity index (χ4n) is 2.75. The monoisotopic (exact) mass is 341 g/mol. The first-order chi connectivity index (χ1) is 11.5. The summed E-state index contributed by atoms with van der Waals surface area (Å²) in [5.74, 6) is -0.360. The molecule has 3 aromatic rings. The molecule has 0 aliphatic carbocycles. The topological polar surface area (TPSA) is 64.0 Å². The van der Waals surface area contributed by atoms with E-state index in [1.807, 2.05) is 49.0 Å². The van der Waals surface area contributed by atoms with Crippen LogP contribution in [-0.2, 0) is 7.05 Å². The maximum absolute atomic E-state index is 12.7. The summed E-state index contributed by atoms with van der Waals surface area (Å²) in [6.45, 7) is 3.91. The highest BCUT2D eigenvalue weighted by atomic mass is 32.1. The van der Waals surface area contributed by atoms with Gasteiger partial charge in [0, 0.05) is 30.2 Å². The van der Waals surface area contributed by atoms with Crippen molar-refractivity contribution >= 4 is 28.1 Å². The van der Waals surface area contributed by atoms with Gasteiger partial charge in [0.1, 0.15) is 10.6 Å². The summed E-state index contributed by atoms with van der Waals surface area (Å²) in [5, 5.41) is 6.21. The van der Waals surface area contributed by atoms with E-state index in [1.54, 1.807) is 12.4 Å². The predicted molar refractivity (Wildman–Crippen MR) is 96.5 cm³/mol. The van der Waals surface area contributed by atoms with E-state index >= 15 is 0 Å². The minimum Gasteiger partial charge on any atom is -0.350 e. The molecule has 0 fully saturated rings. The number of carbonyl (C=O) groups excluding carboxylic acids is 1. The highest BCUT2D eigenvalue weighted by Gasteiger charge is 2.19. The van der Waals surface area contributed by atoms with Crippen molar-refractivity contribution in [1.82, 2.24) is 14.9 Å². The van der Waals surface area contributed by atoms with Gasteiger partial charge in [-0.05, 0) is 25.5 Å². The second kappa shape index (κ2) is 6.57. The first-order valence-corrected chi connectivity index (χ1v) is 8.69. The van der Waals surface area contributed by atoms with Gasteiger partial charge in [0.05, 0.1) is 11.6 Å². The summed E-state index contributed by atoms with van der Waals surface area (Å²) < 4.78 is 1.81. The molecule has 3 rings (SSSR count). The molecule has 0 aliphatic rings. The molecule has 1 amide bonds. The van der Waals surface area contributed by atoms with Crippen LogP contribution in [0.1, 0.15) is 40.3 Å².